The summed E-state index contributed by atoms with van der Waals surface area (Å²) in [6, 6.07) is 16.5. The lowest BCUT2D eigenvalue weighted by Crippen LogP contribution is -2.39. The molecule has 0 unspecified atom stereocenters. The molecular formula is C21H26N2O2. The monoisotopic (exact) mass is 338 g/mol. The highest BCUT2D eigenvalue weighted by Crippen LogP contribution is 2.38. The van der Waals surface area contributed by atoms with Gasteiger partial charge in [-0.05, 0) is 42.8 Å². The Morgan fingerprint density at radius 1 is 1.16 bits per heavy atom. The van der Waals surface area contributed by atoms with Crippen LogP contribution in [0.2, 0.25) is 0 Å². The van der Waals surface area contributed by atoms with E-state index in [0.717, 1.165) is 30.9 Å². The van der Waals surface area contributed by atoms with Crippen molar-refractivity contribution in [3.05, 3.63) is 59.7 Å². The molecule has 2 aromatic carbocycles. The van der Waals surface area contributed by atoms with Crippen molar-refractivity contribution in [3.63, 3.8) is 0 Å². The summed E-state index contributed by atoms with van der Waals surface area (Å²) < 4.78 is 6.43. The minimum Gasteiger partial charge on any atom is -0.484 e. The van der Waals surface area contributed by atoms with E-state index < -0.39 is 0 Å². The first kappa shape index (κ1) is 17.5. The number of nitrogens with zero attached hydrogens (tertiary/aromatic N) is 1. The maximum absolute atomic E-state index is 11.3. The standard InChI is InChI=1S/C21H26N2O2/c1-4-23(5-2)20-13-16-9-6-7-12-19(16)21(20)25-18-11-8-10-17(14-18)22-15(3)24/h6-12,14,20-21H,4-5,13H2,1-3H3,(H,22,24)/t20-,21-/m1/s1. The molecular weight excluding hydrogens is 312 g/mol. The zero-order valence-corrected chi connectivity index (χ0v) is 15.2. The SMILES string of the molecule is CCN(CC)[C@@H]1Cc2ccccc2[C@H]1Oc1cccc(NC(C)=O)c1. The topological polar surface area (TPSA) is 41.6 Å². The minimum atomic E-state index is -0.0793. The molecule has 0 fully saturated rings. The average Bonchev–Trinajstić information content (AvgIpc) is 2.94. The number of amides is 1. The smallest absolute Gasteiger partial charge is 0.221 e. The molecule has 4 heteroatoms. The van der Waals surface area contributed by atoms with E-state index in [1.165, 1.54) is 18.1 Å². The molecule has 0 heterocycles. The van der Waals surface area contributed by atoms with Crippen molar-refractivity contribution in [1.82, 2.24) is 4.90 Å². The van der Waals surface area contributed by atoms with Gasteiger partial charge in [0.2, 0.25) is 5.91 Å². The van der Waals surface area contributed by atoms with Gasteiger partial charge in [-0.15, -0.1) is 0 Å². The van der Waals surface area contributed by atoms with Crippen molar-refractivity contribution in [2.24, 2.45) is 0 Å². The quantitative estimate of drug-likeness (QED) is 0.864. The molecule has 0 bridgehead atoms. The third-order valence-corrected chi connectivity index (χ3v) is 4.84. The molecule has 1 aliphatic rings. The fourth-order valence-electron chi connectivity index (χ4n) is 3.69. The molecule has 0 saturated heterocycles. The Bertz CT molecular complexity index is 740. The predicted octanol–water partition coefficient (Wildman–Crippen LogP) is 4.03. The Morgan fingerprint density at radius 2 is 1.92 bits per heavy atom. The van der Waals surface area contributed by atoms with Crippen LogP contribution in [-0.2, 0) is 11.2 Å². The lowest BCUT2D eigenvalue weighted by Gasteiger charge is -2.31. The number of hydrogen-bond acceptors (Lipinski definition) is 3. The van der Waals surface area contributed by atoms with Crippen LogP contribution in [0.5, 0.6) is 5.75 Å². The van der Waals surface area contributed by atoms with Gasteiger partial charge in [0.15, 0.2) is 0 Å². The molecule has 2 atom stereocenters. The summed E-state index contributed by atoms with van der Waals surface area (Å²) in [6.45, 7) is 7.90. The molecule has 0 spiro atoms. The van der Waals surface area contributed by atoms with Crippen LogP contribution < -0.4 is 10.1 Å². The molecule has 25 heavy (non-hydrogen) atoms. The fourth-order valence-corrected chi connectivity index (χ4v) is 3.69. The van der Waals surface area contributed by atoms with E-state index in [1.54, 1.807) is 0 Å². The number of carbonyl (C=O) groups excluding carboxylic acids is 1. The summed E-state index contributed by atoms with van der Waals surface area (Å²) >= 11 is 0. The maximum atomic E-state index is 11.3. The molecule has 1 aliphatic carbocycles. The Labute approximate surface area is 149 Å². The number of benzene rings is 2. The molecule has 2 aromatic rings. The number of rotatable bonds is 6. The Balaban J connectivity index is 1.88. The number of carbonyl (C=O) groups is 1. The van der Waals surface area contributed by atoms with Crippen molar-refractivity contribution in [2.75, 3.05) is 18.4 Å². The maximum Gasteiger partial charge on any atom is 0.221 e. The summed E-state index contributed by atoms with van der Waals surface area (Å²) in [5.41, 5.74) is 3.39. The van der Waals surface area contributed by atoms with Gasteiger partial charge in [-0.3, -0.25) is 9.69 Å². The summed E-state index contributed by atoms with van der Waals surface area (Å²) in [4.78, 5) is 13.8. The van der Waals surface area contributed by atoms with E-state index in [1.807, 2.05) is 24.3 Å². The van der Waals surface area contributed by atoms with Gasteiger partial charge in [0.05, 0.1) is 6.04 Å². The molecule has 3 rings (SSSR count). The first-order valence-corrected chi connectivity index (χ1v) is 8.98. The van der Waals surface area contributed by atoms with Crippen LogP contribution in [0.25, 0.3) is 0 Å². The van der Waals surface area contributed by atoms with E-state index in [2.05, 4.69) is 48.3 Å². The van der Waals surface area contributed by atoms with Crippen molar-refractivity contribution < 1.29 is 9.53 Å². The van der Waals surface area contributed by atoms with E-state index >= 15 is 0 Å². The summed E-state index contributed by atoms with van der Waals surface area (Å²) in [5, 5.41) is 2.82. The second-order valence-corrected chi connectivity index (χ2v) is 6.44. The van der Waals surface area contributed by atoms with Gasteiger partial charge >= 0.3 is 0 Å². The van der Waals surface area contributed by atoms with E-state index in [-0.39, 0.29) is 12.0 Å². The number of fused-ring (bicyclic) bond motifs is 1. The van der Waals surface area contributed by atoms with Crippen LogP contribution >= 0.6 is 0 Å². The molecule has 0 aromatic heterocycles. The second kappa shape index (κ2) is 7.70. The normalized spacial score (nSPS) is 18.9. The second-order valence-electron chi connectivity index (χ2n) is 6.44. The zero-order valence-electron chi connectivity index (χ0n) is 15.2. The number of nitrogens with one attached hydrogen (secondary N) is 1. The van der Waals surface area contributed by atoms with E-state index in [0.29, 0.717) is 6.04 Å². The largest absolute Gasteiger partial charge is 0.484 e. The van der Waals surface area contributed by atoms with Crippen molar-refractivity contribution in [2.45, 2.75) is 39.3 Å². The first-order valence-electron chi connectivity index (χ1n) is 8.98. The number of ether oxygens (including phenoxy) is 1. The Kier molecular flexibility index (Phi) is 5.39. The van der Waals surface area contributed by atoms with Gasteiger partial charge in [0, 0.05) is 18.7 Å². The van der Waals surface area contributed by atoms with Crippen LogP contribution in [0.1, 0.15) is 38.0 Å². The van der Waals surface area contributed by atoms with Gasteiger partial charge in [0.1, 0.15) is 11.9 Å². The van der Waals surface area contributed by atoms with Crippen LogP contribution in [0.4, 0.5) is 5.69 Å². The molecule has 0 saturated carbocycles. The van der Waals surface area contributed by atoms with Crippen LogP contribution in [0.15, 0.2) is 48.5 Å². The predicted molar refractivity (Wildman–Crippen MR) is 101 cm³/mol. The summed E-state index contributed by atoms with van der Waals surface area (Å²) in [6.07, 6.45) is 1.01. The minimum absolute atomic E-state index is 0.00341. The summed E-state index contributed by atoms with van der Waals surface area (Å²) in [5.74, 6) is 0.703. The van der Waals surface area contributed by atoms with Gasteiger partial charge in [-0.25, -0.2) is 0 Å². The molecule has 4 nitrogen and oxygen atoms in total. The Morgan fingerprint density at radius 3 is 2.64 bits per heavy atom. The number of hydrogen-bond donors (Lipinski definition) is 1. The summed E-state index contributed by atoms with van der Waals surface area (Å²) in [7, 11) is 0. The van der Waals surface area contributed by atoms with Crippen molar-refractivity contribution >= 4 is 11.6 Å². The lowest BCUT2D eigenvalue weighted by molar-refractivity contribution is -0.114. The number of likely N-dealkylation sites (N-methyl/N-ethyl adjacent to an activating group) is 1. The van der Waals surface area contributed by atoms with Crippen LogP contribution in [0.3, 0.4) is 0 Å². The Hall–Kier alpha value is -2.33. The molecule has 0 radical (unpaired) electrons. The van der Waals surface area contributed by atoms with Gasteiger partial charge in [0.25, 0.3) is 0 Å². The van der Waals surface area contributed by atoms with Gasteiger partial charge in [-0.1, -0.05) is 44.2 Å². The van der Waals surface area contributed by atoms with Crippen molar-refractivity contribution in [3.8, 4) is 5.75 Å². The highest BCUT2D eigenvalue weighted by molar-refractivity contribution is 5.88. The first-order chi connectivity index (χ1) is 12.1. The lowest BCUT2D eigenvalue weighted by atomic mass is 10.1. The molecule has 1 N–H and O–H groups in total. The fraction of sp³-hybridized carbons (Fsp3) is 0.381. The van der Waals surface area contributed by atoms with Crippen LogP contribution in [0, 0.1) is 0 Å². The van der Waals surface area contributed by atoms with Crippen LogP contribution in [-0.4, -0.2) is 29.9 Å². The van der Waals surface area contributed by atoms with E-state index in [9.17, 15) is 4.79 Å². The number of anilines is 1. The molecule has 132 valence electrons. The van der Waals surface area contributed by atoms with E-state index in [4.69, 9.17) is 4.74 Å². The van der Waals surface area contributed by atoms with Gasteiger partial charge < -0.3 is 10.1 Å². The highest BCUT2D eigenvalue weighted by Gasteiger charge is 2.36. The molecule has 0 aliphatic heterocycles. The third kappa shape index (κ3) is 3.85. The zero-order chi connectivity index (χ0) is 17.8. The average molecular weight is 338 g/mol. The molecule has 1 amide bonds. The third-order valence-electron chi connectivity index (χ3n) is 4.84. The highest BCUT2D eigenvalue weighted by atomic mass is 16.5. The van der Waals surface area contributed by atoms with Gasteiger partial charge in [-0.2, -0.15) is 0 Å². The van der Waals surface area contributed by atoms with Crippen molar-refractivity contribution in [1.29, 1.82) is 0 Å².